The Kier molecular flexibility index (Phi) is 3.66. The number of halogens is 1. The molecular weight excluding hydrogens is 285 g/mol. The zero-order valence-electron chi connectivity index (χ0n) is 11.0. The Morgan fingerprint density at radius 1 is 1.25 bits per heavy atom. The molecule has 1 aromatic rings. The molecule has 0 bridgehead atoms. The minimum absolute atomic E-state index is 0.161. The van der Waals surface area contributed by atoms with Gasteiger partial charge in [-0.05, 0) is 12.1 Å². The number of ether oxygens (including phenoxy) is 2. The molecule has 2 aliphatic rings. The minimum atomic E-state index is -2.90. The topological polar surface area (TPSA) is 55.8 Å². The van der Waals surface area contributed by atoms with Gasteiger partial charge in [-0.3, -0.25) is 4.90 Å². The highest BCUT2D eigenvalue weighted by Gasteiger charge is 2.24. The Morgan fingerprint density at radius 3 is 2.75 bits per heavy atom. The number of benzene rings is 1. The van der Waals surface area contributed by atoms with Gasteiger partial charge in [0.05, 0.1) is 18.1 Å². The second-order valence-corrected chi connectivity index (χ2v) is 7.40. The van der Waals surface area contributed by atoms with E-state index in [0.717, 1.165) is 5.56 Å². The van der Waals surface area contributed by atoms with E-state index in [1.165, 1.54) is 12.1 Å². The zero-order chi connectivity index (χ0) is 14.2. The molecule has 5 nitrogen and oxygen atoms in total. The molecule has 20 heavy (non-hydrogen) atoms. The van der Waals surface area contributed by atoms with Gasteiger partial charge in [0.2, 0.25) is 0 Å². The molecule has 0 spiro atoms. The van der Waals surface area contributed by atoms with Gasteiger partial charge < -0.3 is 9.47 Å². The lowest BCUT2D eigenvalue weighted by Crippen LogP contribution is -2.39. The lowest BCUT2D eigenvalue weighted by Gasteiger charge is -2.28. The predicted octanol–water partition coefficient (Wildman–Crippen LogP) is 0.923. The van der Waals surface area contributed by atoms with E-state index in [4.69, 9.17) is 9.47 Å². The highest BCUT2D eigenvalue weighted by atomic mass is 32.2. The fourth-order valence-corrected chi connectivity index (χ4v) is 3.80. The molecule has 0 aromatic heterocycles. The van der Waals surface area contributed by atoms with Gasteiger partial charge in [0.1, 0.15) is 11.6 Å². The average Bonchev–Trinajstić information content (AvgIpc) is 2.41. The number of hydrogen-bond acceptors (Lipinski definition) is 5. The second-order valence-electron chi connectivity index (χ2n) is 5.09. The van der Waals surface area contributed by atoms with Crippen molar-refractivity contribution in [3.63, 3.8) is 0 Å². The Hall–Kier alpha value is -1.18. The number of fused-ring (bicyclic) bond motifs is 1. The summed E-state index contributed by atoms with van der Waals surface area (Å²) in [7, 11) is -2.90. The van der Waals surface area contributed by atoms with E-state index in [1.807, 2.05) is 4.90 Å². The van der Waals surface area contributed by atoms with E-state index in [0.29, 0.717) is 37.6 Å². The largest absolute Gasteiger partial charge is 0.467 e. The molecule has 2 heterocycles. The van der Waals surface area contributed by atoms with E-state index < -0.39 is 9.84 Å². The molecule has 2 aliphatic heterocycles. The summed E-state index contributed by atoms with van der Waals surface area (Å²) < 4.78 is 47.0. The minimum Gasteiger partial charge on any atom is -0.467 e. The van der Waals surface area contributed by atoms with Crippen molar-refractivity contribution in [1.82, 2.24) is 4.90 Å². The monoisotopic (exact) mass is 301 g/mol. The lowest BCUT2D eigenvalue weighted by molar-refractivity contribution is -0.0176. The third kappa shape index (κ3) is 2.94. The van der Waals surface area contributed by atoms with Gasteiger partial charge in [-0.25, -0.2) is 12.8 Å². The van der Waals surface area contributed by atoms with Gasteiger partial charge in [0.15, 0.2) is 16.6 Å². The van der Waals surface area contributed by atoms with Crippen molar-refractivity contribution < 1.29 is 22.3 Å². The normalized spacial score (nSPS) is 22.1. The van der Waals surface area contributed by atoms with Gasteiger partial charge in [-0.2, -0.15) is 0 Å². The van der Waals surface area contributed by atoms with E-state index in [1.54, 1.807) is 0 Å². The Bertz CT molecular complexity index is 603. The van der Waals surface area contributed by atoms with Gasteiger partial charge in [0, 0.05) is 30.8 Å². The first-order valence-electron chi connectivity index (χ1n) is 6.48. The van der Waals surface area contributed by atoms with Crippen LogP contribution in [0.25, 0.3) is 0 Å². The van der Waals surface area contributed by atoms with Crippen LogP contribution < -0.4 is 4.74 Å². The molecule has 110 valence electrons. The zero-order valence-corrected chi connectivity index (χ0v) is 11.8. The van der Waals surface area contributed by atoms with Crippen molar-refractivity contribution in [3.05, 3.63) is 29.1 Å². The van der Waals surface area contributed by atoms with Crippen LogP contribution in [0.1, 0.15) is 11.1 Å². The summed E-state index contributed by atoms with van der Waals surface area (Å²) in [4.78, 5) is 2.01. The Labute approximate surface area is 117 Å². The van der Waals surface area contributed by atoms with E-state index in [-0.39, 0.29) is 24.1 Å². The summed E-state index contributed by atoms with van der Waals surface area (Å²) in [6.45, 7) is 1.96. The summed E-state index contributed by atoms with van der Waals surface area (Å²) in [5.41, 5.74) is 1.46. The van der Waals surface area contributed by atoms with Crippen molar-refractivity contribution in [2.24, 2.45) is 0 Å². The van der Waals surface area contributed by atoms with Crippen LogP contribution in [0.15, 0.2) is 12.1 Å². The van der Waals surface area contributed by atoms with Crippen molar-refractivity contribution in [2.45, 2.75) is 13.2 Å². The predicted molar refractivity (Wildman–Crippen MR) is 70.6 cm³/mol. The van der Waals surface area contributed by atoms with Crippen LogP contribution in [-0.2, 0) is 27.7 Å². The summed E-state index contributed by atoms with van der Waals surface area (Å²) in [6.07, 6.45) is 0. The molecule has 0 amide bonds. The van der Waals surface area contributed by atoms with Gasteiger partial charge in [-0.15, -0.1) is 0 Å². The highest BCUT2D eigenvalue weighted by Crippen LogP contribution is 2.30. The lowest BCUT2D eigenvalue weighted by atomic mass is 10.1. The number of rotatable bonds is 2. The van der Waals surface area contributed by atoms with Gasteiger partial charge in [-0.1, -0.05) is 0 Å². The number of hydrogen-bond donors (Lipinski definition) is 0. The number of nitrogens with zero attached hydrogens (tertiary/aromatic N) is 1. The van der Waals surface area contributed by atoms with Crippen LogP contribution >= 0.6 is 0 Å². The molecule has 1 fully saturated rings. The van der Waals surface area contributed by atoms with Crippen molar-refractivity contribution in [1.29, 1.82) is 0 Å². The molecule has 0 radical (unpaired) electrons. The molecule has 3 rings (SSSR count). The molecule has 1 saturated heterocycles. The molecule has 1 aromatic carbocycles. The fourth-order valence-electron chi connectivity index (χ4n) is 2.52. The highest BCUT2D eigenvalue weighted by molar-refractivity contribution is 7.91. The first-order chi connectivity index (χ1) is 9.53. The maximum atomic E-state index is 13.6. The SMILES string of the molecule is O=S1(=O)CCN(Cc2cc(F)cc3c2OCOC3)CC1. The summed E-state index contributed by atoms with van der Waals surface area (Å²) in [6, 6.07) is 2.87. The first kappa shape index (κ1) is 13.8. The van der Waals surface area contributed by atoms with Crippen LogP contribution in [0, 0.1) is 5.82 Å². The average molecular weight is 301 g/mol. The summed E-state index contributed by atoms with van der Waals surface area (Å²) >= 11 is 0. The van der Waals surface area contributed by atoms with E-state index >= 15 is 0 Å². The smallest absolute Gasteiger partial charge is 0.189 e. The number of sulfone groups is 1. The van der Waals surface area contributed by atoms with Crippen molar-refractivity contribution in [2.75, 3.05) is 31.4 Å². The van der Waals surface area contributed by atoms with Gasteiger partial charge >= 0.3 is 0 Å². The molecule has 0 unspecified atom stereocenters. The molecular formula is C13H16FNO4S. The molecule has 0 saturated carbocycles. The standard InChI is InChI=1S/C13H16FNO4S/c14-12-5-10(13-11(6-12)8-18-9-19-13)7-15-1-3-20(16,17)4-2-15/h5-6H,1-4,7-9H2. The van der Waals surface area contributed by atoms with Crippen LogP contribution in [0.2, 0.25) is 0 Å². The Morgan fingerprint density at radius 2 is 2.00 bits per heavy atom. The first-order valence-corrected chi connectivity index (χ1v) is 8.30. The molecule has 0 N–H and O–H groups in total. The summed E-state index contributed by atoms with van der Waals surface area (Å²) in [5, 5.41) is 0. The Balaban J connectivity index is 1.79. The quantitative estimate of drug-likeness (QED) is 0.813. The van der Waals surface area contributed by atoms with E-state index in [9.17, 15) is 12.8 Å². The maximum Gasteiger partial charge on any atom is 0.189 e. The van der Waals surface area contributed by atoms with E-state index in [2.05, 4.69) is 0 Å². The molecule has 0 aliphatic carbocycles. The third-order valence-corrected chi connectivity index (χ3v) is 5.19. The maximum absolute atomic E-state index is 13.6. The summed E-state index contributed by atoms with van der Waals surface area (Å²) in [5.74, 6) is 0.673. The van der Waals surface area contributed by atoms with Crippen LogP contribution in [0.3, 0.4) is 0 Å². The molecule has 0 atom stereocenters. The second kappa shape index (κ2) is 5.31. The van der Waals surface area contributed by atoms with Gasteiger partial charge in [0.25, 0.3) is 0 Å². The van der Waals surface area contributed by atoms with Crippen LogP contribution in [0.5, 0.6) is 5.75 Å². The van der Waals surface area contributed by atoms with Crippen LogP contribution in [-0.4, -0.2) is 44.7 Å². The van der Waals surface area contributed by atoms with Crippen molar-refractivity contribution >= 4 is 9.84 Å². The van der Waals surface area contributed by atoms with Crippen LogP contribution in [0.4, 0.5) is 4.39 Å². The molecule has 7 heteroatoms. The third-order valence-electron chi connectivity index (χ3n) is 3.58. The fraction of sp³-hybridized carbons (Fsp3) is 0.538. The van der Waals surface area contributed by atoms with Crippen molar-refractivity contribution in [3.8, 4) is 5.75 Å².